The van der Waals surface area contributed by atoms with Crippen LogP contribution in [-0.2, 0) is 4.79 Å². The van der Waals surface area contributed by atoms with Crippen LogP contribution in [0.5, 0.6) is 0 Å². The van der Waals surface area contributed by atoms with Crippen molar-refractivity contribution in [3.05, 3.63) is 0 Å². The molecule has 0 radical (unpaired) electrons. The maximum absolute atomic E-state index is 12.2. The fourth-order valence-corrected chi connectivity index (χ4v) is 3.69. The summed E-state index contributed by atoms with van der Waals surface area (Å²) in [5.41, 5.74) is -0.261. The standard InChI is InChI=1S/C15H28N2O3S/c1-12(10-21-3)17(2)14(20)16-11-15(9-13(18)19)7-5-4-6-8-15/h12H,4-11H2,1-3H3,(H,16,20)(H,18,19). The van der Waals surface area contributed by atoms with Crippen molar-refractivity contribution >= 4 is 23.8 Å². The molecular weight excluding hydrogens is 288 g/mol. The summed E-state index contributed by atoms with van der Waals surface area (Å²) in [6.07, 6.45) is 7.24. The summed E-state index contributed by atoms with van der Waals surface area (Å²) in [6.45, 7) is 2.48. The number of hydrogen-bond acceptors (Lipinski definition) is 3. The van der Waals surface area contributed by atoms with Crippen LogP contribution in [0.15, 0.2) is 0 Å². The highest BCUT2D eigenvalue weighted by Gasteiger charge is 2.35. The van der Waals surface area contributed by atoms with Crippen LogP contribution in [-0.4, -0.2) is 53.6 Å². The topological polar surface area (TPSA) is 69.6 Å². The van der Waals surface area contributed by atoms with Crippen molar-refractivity contribution in [2.24, 2.45) is 5.41 Å². The molecule has 0 aromatic carbocycles. The highest BCUT2D eigenvalue weighted by Crippen LogP contribution is 2.38. The van der Waals surface area contributed by atoms with Crippen LogP contribution in [0.2, 0.25) is 0 Å². The quantitative estimate of drug-likeness (QED) is 0.758. The number of urea groups is 1. The third kappa shape index (κ3) is 5.77. The van der Waals surface area contributed by atoms with Crippen molar-refractivity contribution in [3.8, 4) is 0 Å². The van der Waals surface area contributed by atoms with Gasteiger partial charge in [0.05, 0.1) is 6.42 Å². The molecule has 1 saturated carbocycles. The van der Waals surface area contributed by atoms with Crippen molar-refractivity contribution < 1.29 is 14.7 Å². The van der Waals surface area contributed by atoms with Gasteiger partial charge in [-0.1, -0.05) is 19.3 Å². The third-order valence-electron chi connectivity index (χ3n) is 4.44. The molecule has 1 rings (SSSR count). The number of carboxylic acids is 1. The number of carboxylic acid groups (broad SMARTS) is 1. The smallest absolute Gasteiger partial charge is 0.317 e. The minimum absolute atomic E-state index is 0.105. The lowest BCUT2D eigenvalue weighted by molar-refractivity contribution is -0.140. The van der Waals surface area contributed by atoms with Crippen LogP contribution in [0.25, 0.3) is 0 Å². The molecule has 0 aromatic heterocycles. The van der Waals surface area contributed by atoms with Crippen molar-refractivity contribution in [2.75, 3.05) is 25.6 Å². The molecule has 2 amide bonds. The number of thioether (sulfide) groups is 1. The van der Waals surface area contributed by atoms with Crippen LogP contribution in [0.3, 0.4) is 0 Å². The van der Waals surface area contributed by atoms with Gasteiger partial charge in [-0.3, -0.25) is 4.79 Å². The molecule has 1 aliphatic carbocycles. The molecule has 1 unspecified atom stereocenters. The molecule has 6 heteroatoms. The Balaban J connectivity index is 2.56. The zero-order chi connectivity index (χ0) is 15.9. The maximum Gasteiger partial charge on any atom is 0.317 e. The van der Waals surface area contributed by atoms with E-state index in [0.29, 0.717) is 6.54 Å². The summed E-state index contributed by atoms with van der Waals surface area (Å²) >= 11 is 1.71. The van der Waals surface area contributed by atoms with Gasteiger partial charge in [0.2, 0.25) is 0 Å². The van der Waals surface area contributed by atoms with Crippen LogP contribution in [0, 0.1) is 5.41 Å². The summed E-state index contributed by atoms with van der Waals surface area (Å²) in [4.78, 5) is 25.0. The van der Waals surface area contributed by atoms with E-state index in [2.05, 4.69) is 5.32 Å². The lowest BCUT2D eigenvalue weighted by Gasteiger charge is -2.37. The maximum atomic E-state index is 12.2. The first-order chi connectivity index (χ1) is 9.90. The van der Waals surface area contributed by atoms with E-state index in [1.165, 1.54) is 6.42 Å². The summed E-state index contributed by atoms with van der Waals surface area (Å²) < 4.78 is 0. The van der Waals surface area contributed by atoms with Crippen molar-refractivity contribution in [1.82, 2.24) is 10.2 Å². The summed E-state index contributed by atoms with van der Waals surface area (Å²) in [5, 5.41) is 12.1. The van der Waals surface area contributed by atoms with Gasteiger partial charge in [0, 0.05) is 25.4 Å². The van der Waals surface area contributed by atoms with E-state index in [4.69, 9.17) is 5.11 Å². The van der Waals surface area contributed by atoms with Gasteiger partial charge >= 0.3 is 12.0 Å². The number of hydrogen-bond donors (Lipinski definition) is 2. The van der Waals surface area contributed by atoms with Gasteiger partial charge in [0.15, 0.2) is 0 Å². The van der Waals surface area contributed by atoms with Gasteiger partial charge < -0.3 is 15.3 Å². The van der Waals surface area contributed by atoms with E-state index in [-0.39, 0.29) is 23.9 Å². The molecular formula is C15H28N2O3S. The zero-order valence-electron chi connectivity index (χ0n) is 13.4. The first kappa shape index (κ1) is 18.1. The number of carbonyl (C=O) groups is 2. The highest BCUT2D eigenvalue weighted by atomic mass is 32.2. The minimum atomic E-state index is -0.768. The van der Waals surface area contributed by atoms with Crippen LogP contribution in [0.4, 0.5) is 4.79 Å². The Morgan fingerprint density at radius 2 is 1.95 bits per heavy atom. The van der Waals surface area contributed by atoms with Crippen molar-refractivity contribution in [2.45, 2.75) is 51.5 Å². The second kappa shape index (κ2) is 8.51. The van der Waals surface area contributed by atoms with E-state index in [1.807, 2.05) is 13.2 Å². The Morgan fingerprint density at radius 3 is 2.48 bits per heavy atom. The fraction of sp³-hybridized carbons (Fsp3) is 0.867. The predicted molar refractivity (Wildman–Crippen MR) is 86.8 cm³/mol. The molecule has 1 aliphatic rings. The Kier molecular flexibility index (Phi) is 7.35. The number of aliphatic carboxylic acids is 1. The van der Waals surface area contributed by atoms with E-state index in [0.717, 1.165) is 31.4 Å². The Bertz CT molecular complexity index is 357. The SMILES string of the molecule is CSCC(C)N(C)C(=O)NCC1(CC(=O)O)CCCCC1. The molecule has 2 N–H and O–H groups in total. The third-order valence-corrected chi connectivity index (χ3v) is 5.26. The lowest BCUT2D eigenvalue weighted by atomic mass is 9.72. The Hall–Kier alpha value is -0.910. The summed E-state index contributed by atoms with van der Waals surface area (Å²) in [5.74, 6) is 0.125. The predicted octanol–water partition coefficient (Wildman–Crippen LogP) is 2.80. The van der Waals surface area contributed by atoms with Crippen LogP contribution in [0.1, 0.15) is 45.4 Å². The van der Waals surface area contributed by atoms with Gasteiger partial charge in [-0.15, -0.1) is 0 Å². The van der Waals surface area contributed by atoms with Crippen LogP contribution < -0.4 is 5.32 Å². The Labute approximate surface area is 131 Å². The summed E-state index contributed by atoms with van der Waals surface area (Å²) in [7, 11) is 1.79. The van der Waals surface area contributed by atoms with Gasteiger partial charge in [-0.05, 0) is 31.4 Å². The van der Waals surface area contributed by atoms with Gasteiger partial charge in [0.1, 0.15) is 0 Å². The number of amides is 2. The lowest BCUT2D eigenvalue weighted by Crippen LogP contribution is -2.48. The largest absolute Gasteiger partial charge is 0.481 e. The molecule has 0 heterocycles. The fourth-order valence-electron chi connectivity index (χ4n) is 2.98. The average molecular weight is 316 g/mol. The number of nitrogens with zero attached hydrogens (tertiary/aromatic N) is 1. The van der Waals surface area contributed by atoms with Crippen molar-refractivity contribution in [3.63, 3.8) is 0 Å². The number of rotatable bonds is 7. The van der Waals surface area contributed by atoms with E-state index >= 15 is 0 Å². The second-order valence-corrected chi connectivity index (χ2v) is 7.12. The summed E-state index contributed by atoms with van der Waals surface area (Å²) in [6, 6.07) is 0.0636. The molecule has 122 valence electrons. The van der Waals surface area contributed by atoms with Crippen molar-refractivity contribution in [1.29, 1.82) is 0 Å². The van der Waals surface area contributed by atoms with Crippen LogP contribution >= 0.6 is 11.8 Å². The molecule has 1 fully saturated rings. The number of nitrogens with one attached hydrogen (secondary N) is 1. The average Bonchev–Trinajstić information content (AvgIpc) is 2.44. The molecule has 0 saturated heterocycles. The first-order valence-electron chi connectivity index (χ1n) is 7.61. The molecule has 0 aromatic rings. The molecule has 5 nitrogen and oxygen atoms in total. The molecule has 0 aliphatic heterocycles. The second-order valence-electron chi connectivity index (χ2n) is 6.21. The highest BCUT2D eigenvalue weighted by molar-refractivity contribution is 7.98. The van der Waals surface area contributed by atoms with E-state index < -0.39 is 5.97 Å². The first-order valence-corrected chi connectivity index (χ1v) is 9.01. The van der Waals surface area contributed by atoms with E-state index in [1.54, 1.807) is 23.7 Å². The van der Waals surface area contributed by atoms with E-state index in [9.17, 15) is 9.59 Å². The van der Waals surface area contributed by atoms with Gasteiger partial charge in [-0.2, -0.15) is 11.8 Å². The Morgan fingerprint density at radius 1 is 1.33 bits per heavy atom. The monoisotopic (exact) mass is 316 g/mol. The molecule has 21 heavy (non-hydrogen) atoms. The molecule has 0 spiro atoms. The number of carbonyl (C=O) groups excluding carboxylic acids is 1. The van der Waals surface area contributed by atoms with Gasteiger partial charge in [0.25, 0.3) is 0 Å². The van der Waals surface area contributed by atoms with Gasteiger partial charge in [-0.25, -0.2) is 4.79 Å². The normalized spacial score (nSPS) is 18.8. The zero-order valence-corrected chi connectivity index (χ0v) is 14.2. The minimum Gasteiger partial charge on any atom is -0.481 e. The molecule has 1 atom stereocenters. The molecule has 0 bridgehead atoms.